The number of thioether (sulfide) groups is 1. The van der Waals surface area contributed by atoms with Crippen LogP contribution >= 0.6 is 11.8 Å². The minimum atomic E-state index is -0.237. The molecule has 0 radical (unpaired) electrons. The summed E-state index contributed by atoms with van der Waals surface area (Å²) in [5.41, 5.74) is 4.23. The topological polar surface area (TPSA) is 59.9 Å². The van der Waals surface area contributed by atoms with Crippen molar-refractivity contribution in [2.45, 2.75) is 24.0 Å². The first-order chi connectivity index (χ1) is 12.1. The molecule has 5 nitrogen and oxygen atoms in total. The quantitative estimate of drug-likeness (QED) is 0.506. The van der Waals surface area contributed by atoms with Crippen LogP contribution in [0.5, 0.6) is 11.5 Å². The fourth-order valence-corrected chi connectivity index (χ4v) is 3.20. The van der Waals surface area contributed by atoms with Crippen molar-refractivity contribution < 1.29 is 14.3 Å². The Morgan fingerprint density at radius 3 is 2.60 bits per heavy atom. The highest BCUT2D eigenvalue weighted by molar-refractivity contribution is 8.00. The van der Waals surface area contributed by atoms with Crippen LogP contribution in [0.15, 0.2) is 58.5 Å². The molecule has 1 heterocycles. The van der Waals surface area contributed by atoms with Crippen LogP contribution in [-0.4, -0.2) is 30.1 Å². The van der Waals surface area contributed by atoms with E-state index in [1.165, 1.54) is 11.8 Å². The Balaban J connectivity index is 1.61. The summed E-state index contributed by atoms with van der Waals surface area (Å²) in [6, 6.07) is 15.5. The first kappa shape index (κ1) is 17.4. The molecule has 0 aromatic heterocycles. The Labute approximate surface area is 151 Å². The van der Waals surface area contributed by atoms with Gasteiger partial charge in [-0.15, -0.1) is 11.8 Å². The maximum atomic E-state index is 12.2. The van der Waals surface area contributed by atoms with Crippen molar-refractivity contribution in [3.8, 4) is 11.5 Å². The van der Waals surface area contributed by atoms with Crippen LogP contribution in [0.4, 0.5) is 0 Å². The molecule has 0 bridgehead atoms. The fourth-order valence-electron chi connectivity index (χ4n) is 2.32. The first-order valence-corrected chi connectivity index (χ1v) is 8.97. The zero-order valence-corrected chi connectivity index (χ0v) is 15.0. The van der Waals surface area contributed by atoms with E-state index in [-0.39, 0.29) is 11.2 Å². The molecular weight excluding hydrogens is 336 g/mol. The Hall–Kier alpha value is -2.47. The minimum absolute atomic E-state index is 0.134. The summed E-state index contributed by atoms with van der Waals surface area (Å²) in [6.07, 6.45) is 0. The maximum Gasteiger partial charge on any atom is 0.253 e. The van der Waals surface area contributed by atoms with Gasteiger partial charge in [-0.2, -0.15) is 5.10 Å². The molecule has 2 aromatic carbocycles. The van der Waals surface area contributed by atoms with Gasteiger partial charge in [-0.1, -0.05) is 18.2 Å². The molecule has 1 unspecified atom stereocenters. The largest absolute Gasteiger partial charge is 0.486 e. The maximum absolute atomic E-state index is 12.2. The Kier molecular flexibility index (Phi) is 5.60. The normalized spacial score (nSPS) is 14.7. The van der Waals surface area contributed by atoms with Gasteiger partial charge in [0.15, 0.2) is 11.5 Å². The molecule has 1 aliphatic heterocycles. The molecule has 3 rings (SSSR count). The molecule has 25 heavy (non-hydrogen) atoms. The predicted octanol–water partition coefficient (Wildman–Crippen LogP) is 3.48. The van der Waals surface area contributed by atoms with E-state index < -0.39 is 0 Å². The third-order valence-electron chi connectivity index (χ3n) is 3.72. The van der Waals surface area contributed by atoms with Gasteiger partial charge < -0.3 is 9.47 Å². The molecule has 1 amide bonds. The van der Waals surface area contributed by atoms with Gasteiger partial charge in [0.1, 0.15) is 13.2 Å². The molecule has 1 aliphatic rings. The monoisotopic (exact) mass is 356 g/mol. The highest BCUT2D eigenvalue weighted by Crippen LogP contribution is 2.30. The lowest BCUT2D eigenvalue weighted by Gasteiger charge is -2.18. The van der Waals surface area contributed by atoms with Gasteiger partial charge in [-0.25, -0.2) is 5.43 Å². The van der Waals surface area contributed by atoms with Crippen molar-refractivity contribution in [2.75, 3.05) is 13.2 Å². The molecule has 0 spiro atoms. The molecule has 6 heteroatoms. The van der Waals surface area contributed by atoms with Crippen molar-refractivity contribution in [3.05, 3.63) is 54.1 Å². The average molecular weight is 356 g/mol. The van der Waals surface area contributed by atoms with Crippen LogP contribution < -0.4 is 14.9 Å². The molecule has 1 atom stereocenters. The zero-order chi connectivity index (χ0) is 17.6. The molecule has 2 aromatic rings. The summed E-state index contributed by atoms with van der Waals surface area (Å²) < 4.78 is 11.1. The molecule has 130 valence electrons. The number of rotatable bonds is 5. The smallest absolute Gasteiger partial charge is 0.253 e. The Bertz CT molecular complexity index is 777. The van der Waals surface area contributed by atoms with Gasteiger partial charge in [0.05, 0.1) is 11.0 Å². The van der Waals surface area contributed by atoms with Gasteiger partial charge in [-0.05, 0) is 44.2 Å². The second-order valence-electron chi connectivity index (χ2n) is 5.60. The van der Waals surface area contributed by atoms with Crippen molar-refractivity contribution in [2.24, 2.45) is 5.10 Å². The number of carbonyl (C=O) groups is 1. The number of amides is 1. The summed E-state index contributed by atoms with van der Waals surface area (Å²) in [5.74, 6) is 1.31. The molecule has 1 N–H and O–H groups in total. The first-order valence-electron chi connectivity index (χ1n) is 8.09. The number of nitrogens with zero attached hydrogens (tertiary/aromatic N) is 1. The van der Waals surface area contributed by atoms with E-state index >= 15 is 0 Å². The fraction of sp³-hybridized carbons (Fsp3) is 0.263. The minimum Gasteiger partial charge on any atom is -0.486 e. The average Bonchev–Trinajstić information content (AvgIpc) is 2.66. The van der Waals surface area contributed by atoms with E-state index in [0.29, 0.717) is 24.7 Å². The SMILES string of the molecule is CC(=NNC(=O)C(C)Sc1ccccc1)c1ccc2c(c1)OCCO2. The van der Waals surface area contributed by atoms with Crippen LogP contribution in [-0.2, 0) is 4.79 Å². The summed E-state index contributed by atoms with van der Waals surface area (Å²) >= 11 is 1.50. The van der Waals surface area contributed by atoms with Crippen LogP contribution in [0.2, 0.25) is 0 Å². The number of hydrazone groups is 1. The highest BCUT2D eigenvalue weighted by atomic mass is 32.2. The van der Waals surface area contributed by atoms with Crippen LogP contribution in [0.25, 0.3) is 0 Å². The Morgan fingerprint density at radius 1 is 1.12 bits per heavy atom. The van der Waals surface area contributed by atoms with Crippen LogP contribution in [0.1, 0.15) is 19.4 Å². The van der Waals surface area contributed by atoms with E-state index in [1.807, 2.05) is 62.4 Å². The summed E-state index contributed by atoms with van der Waals surface area (Å²) in [5, 5.41) is 3.98. The lowest BCUT2D eigenvalue weighted by atomic mass is 10.1. The number of carbonyl (C=O) groups excluding carboxylic acids is 1. The summed E-state index contributed by atoms with van der Waals surface area (Å²) in [4.78, 5) is 13.3. The zero-order valence-electron chi connectivity index (χ0n) is 14.2. The summed E-state index contributed by atoms with van der Waals surface area (Å²) in [7, 11) is 0. The number of benzene rings is 2. The summed E-state index contributed by atoms with van der Waals surface area (Å²) in [6.45, 7) is 4.81. The number of ether oxygens (including phenoxy) is 2. The second-order valence-corrected chi connectivity index (χ2v) is 7.02. The van der Waals surface area contributed by atoms with Gasteiger partial charge >= 0.3 is 0 Å². The highest BCUT2D eigenvalue weighted by Gasteiger charge is 2.15. The third-order valence-corrected chi connectivity index (χ3v) is 4.83. The number of nitrogens with one attached hydrogen (secondary N) is 1. The van der Waals surface area contributed by atoms with Crippen molar-refractivity contribution in [1.82, 2.24) is 5.43 Å². The van der Waals surface area contributed by atoms with E-state index in [0.717, 1.165) is 16.2 Å². The number of hydrogen-bond acceptors (Lipinski definition) is 5. The Morgan fingerprint density at radius 2 is 1.84 bits per heavy atom. The van der Waals surface area contributed by atoms with Crippen molar-refractivity contribution >= 4 is 23.4 Å². The third kappa shape index (κ3) is 4.54. The lowest BCUT2D eigenvalue weighted by molar-refractivity contribution is -0.120. The van der Waals surface area contributed by atoms with Crippen LogP contribution in [0.3, 0.4) is 0 Å². The van der Waals surface area contributed by atoms with Gasteiger partial charge in [0.2, 0.25) is 0 Å². The molecular formula is C19H20N2O3S. The predicted molar refractivity (Wildman–Crippen MR) is 99.5 cm³/mol. The van der Waals surface area contributed by atoms with Crippen molar-refractivity contribution in [1.29, 1.82) is 0 Å². The molecule has 0 saturated heterocycles. The van der Waals surface area contributed by atoms with Crippen molar-refractivity contribution in [3.63, 3.8) is 0 Å². The molecule has 0 aliphatic carbocycles. The van der Waals surface area contributed by atoms with Gasteiger partial charge in [0, 0.05) is 10.5 Å². The van der Waals surface area contributed by atoms with E-state index in [4.69, 9.17) is 9.47 Å². The lowest BCUT2D eigenvalue weighted by Crippen LogP contribution is -2.27. The van der Waals surface area contributed by atoms with Gasteiger partial charge in [0.25, 0.3) is 5.91 Å². The standard InChI is InChI=1S/C19H20N2O3S/c1-13(15-8-9-17-18(12-15)24-11-10-23-17)20-21-19(22)14(2)25-16-6-4-3-5-7-16/h3-9,12,14H,10-11H2,1-2H3,(H,21,22). The number of hydrogen-bond donors (Lipinski definition) is 1. The second kappa shape index (κ2) is 8.07. The van der Waals surface area contributed by atoms with E-state index in [9.17, 15) is 4.79 Å². The van der Waals surface area contributed by atoms with Crippen LogP contribution in [0, 0.1) is 0 Å². The molecule has 0 saturated carbocycles. The van der Waals surface area contributed by atoms with E-state index in [2.05, 4.69) is 10.5 Å². The van der Waals surface area contributed by atoms with E-state index in [1.54, 1.807) is 0 Å². The molecule has 0 fully saturated rings. The number of fused-ring (bicyclic) bond motifs is 1. The van der Waals surface area contributed by atoms with Gasteiger partial charge in [-0.3, -0.25) is 4.79 Å².